The fourth-order valence-electron chi connectivity index (χ4n) is 3.05. The fraction of sp³-hybridized carbons (Fsp3) is 0.200. The Labute approximate surface area is 163 Å². The van der Waals surface area contributed by atoms with Crippen molar-refractivity contribution in [1.29, 1.82) is 0 Å². The molecule has 3 N–H and O–H groups in total. The van der Waals surface area contributed by atoms with Crippen LogP contribution in [0.4, 0.5) is 5.69 Å². The van der Waals surface area contributed by atoms with E-state index >= 15 is 0 Å². The molecule has 7 heteroatoms. The van der Waals surface area contributed by atoms with Gasteiger partial charge < -0.3 is 25.4 Å². The maximum Gasteiger partial charge on any atom is 0.235 e. The summed E-state index contributed by atoms with van der Waals surface area (Å²) in [5, 5.41) is 9.49. The molecule has 2 atom stereocenters. The van der Waals surface area contributed by atoms with E-state index < -0.39 is 5.92 Å². The number of methoxy groups -OCH3 is 2. The number of anilines is 1. The molecule has 27 heavy (non-hydrogen) atoms. The number of thiocarbonyl (C=S) groups is 1. The van der Waals surface area contributed by atoms with Crippen LogP contribution < -0.4 is 25.4 Å². The third kappa shape index (κ3) is 4.03. The minimum Gasteiger partial charge on any atom is -0.497 e. The van der Waals surface area contributed by atoms with Gasteiger partial charge in [-0.25, -0.2) is 0 Å². The molecule has 1 heterocycles. The van der Waals surface area contributed by atoms with Gasteiger partial charge in [0, 0.05) is 11.8 Å². The molecule has 0 aromatic heterocycles. The molecule has 1 saturated heterocycles. The van der Waals surface area contributed by atoms with Gasteiger partial charge in [-0.15, -0.1) is 0 Å². The molecular weight excluding hydrogens is 362 g/mol. The van der Waals surface area contributed by atoms with Gasteiger partial charge in [-0.2, -0.15) is 0 Å². The molecule has 1 fully saturated rings. The summed E-state index contributed by atoms with van der Waals surface area (Å²) in [7, 11) is 3.11. The third-order valence-electron chi connectivity index (χ3n) is 4.38. The van der Waals surface area contributed by atoms with Crippen LogP contribution in [0.15, 0.2) is 60.8 Å². The van der Waals surface area contributed by atoms with E-state index in [1.165, 1.54) is 0 Å². The molecule has 2 aromatic rings. The van der Waals surface area contributed by atoms with E-state index in [4.69, 9.17) is 21.7 Å². The number of carbonyl (C=O) groups excluding carboxylic acids is 1. The monoisotopic (exact) mass is 383 g/mol. The van der Waals surface area contributed by atoms with Gasteiger partial charge in [0.05, 0.1) is 25.9 Å². The zero-order chi connectivity index (χ0) is 19.4. The van der Waals surface area contributed by atoms with Crippen LogP contribution in [0.1, 0.15) is 11.6 Å². The molecule has 1 aliphatic rings. The van der Waals surface area contributed by atoms with Crippen LogP contribution in [0.2, 0.25) is 0 Å². The number of carbonyl (C=O) groups is 1. The molecule has 0 unspecified atom stereocenters. The Morgan fingerprint density at radius 2 is 1.89 bits per heavy atom. The second-order valence-corrected chi connectivity index (χ2v) is 6.45. The predicted molar refractivity (Wildman–Crippen MR) is 109 cm³/mol. The van der Waals surface area contributed by atoms with E-state index in [-0.39, 0.29) is 11.9 Å². The van der Waals surface area contributed by atoms with Crippen LogP contribution in [0, 0.1) is 5.92 Å². The molecular formula is C20H21N3O3S. The van der Waals surface area contributed by atoms with E-state index in [0.717, 1.165) is 5.56 Å². The van der Waals surface area contributed by atoms with Gasteiger partial charge in [0.2, 0.25) is 5.91 Å². The highest BCUT2D eigenvalue weighted by Gasteiger charge is 2.36. The topological polar surface area (TPSA) is 71.6 Å². The molecule has 1 aliphatic heterocycles. The summed E-state index contributed by atoms with van der Waals surface area (Å²) < 4.78 is 10.6. The summed E-state index contributed by atoms with van der Waals surface area (Å²) in [6.45, 7) is 4.01. The van der Waals surface area contributed by atoms with E-state index in [1.54, 1.807) is 32.4 Å². The lowest BCUT2D eigenvalue weighted by Gasteiger charge is -2.35. The first kappa shape index (κ1) is 18.7. The lowest BCUT2D eigenvalue weighted by Crippen LogP contribution is -2.51. The molecule has 0 bridgehead atoms. The van der Waals surface area contributed by atoms with Crippen molar-refractivity contribution < 1.29 is 14.3 Å². The van der Waals surface area contributed by atoms with Gasteiger partial charge in [0.15, 0.2) is 5.11 Å². The predicted octanol–water partition coefficient (Wildman–Crippen LogP) is 2.99. The largest absolute Gasteiger partial charge is 0.497 e. The maximum atomic E-state index is 13.1. The van der Waals surface area contributed by atoms with E-state index in [9.17, 15) is 4.79 Å². The quantitative estimate of drug-likeness (QED) is 0.690. The van der Waals surface area contributed by atoms with Crippen LogP contribution in [0.25, 0.3) is 0 Å². The molecule has 140 valence electrons. The number of amides is 1. The number of rotatable bonds is 5. The standard InChI is InChI=1S/C20H21N3O3S/c1-12-17(18(23-20(27)21-12)13-7-5-4-6-8-13)19(24)22-15-11-14(25-2)9-10-16(15)26-3/h4-11,17-18H,1H2,2-3H3,(H,22,24)(H2,21,23,27)/t17-,18-/m0/s1. The van der Waals surface area contributed by atoms with E-state index in [1.807, 2.05) is 30.3 Å². The second-order valence-electron chi connectivity index (χ2n) is 6.05. The summed E-state index contributed by atoms with van der Waals surface area (Å²) in [6.07, 6.45) is 0. The van der Waals surface area contributed by atoms with Crippen molar-refractivity contribution in [1.82, 2.24) is 10.6 Å². The first-order valence-electron chi connectivity index (χ1n) is 8.37. The van der Waals surface area contributed by atoms with Gasteiger partial charge in [-0.1, -0.05) is 36.9 Å². The molecule has 3 rings (SSSR count). The van der Waals surface area contributed by atoms with Crippen LogP contribution in [0.5, 0.6) is 11.5 Å². The Hall–Kier alpha value is -3.06. The highest BCUT2D eigenvalue weighted by molar-refractivity contribution is 7.80. The summed E-state index contributed by atoms with van der Waals surface area (Å²) in [4.78, 5) is 13.1. The molecule has 1 amide bonds. The van der Waals surface area contributed by atoms with Gasteiger partial charge in [-0.3, -0.25) is 4.79 Å². The van der Waals surface area contributed by atoms with Gasteiger partial charge in [-0.05, 0) is 29.9 Å². The van der Waals surface area contributed by atoms with E-state index in [0.29, 0.717) is 28.0 Å². The zero-order valence-corrected chi connectivity index (χ0v) is 15.9. The second kappa shape index (κ2) is 8.09. The van der Waals surface area contributed by atoms with Gasteiger partial charge in [0.25, 0.3) is 0 Å². The Bertz CT molecular complexity index is 870. The van der Waals surface area contributed by atoms with Crippen molar-refractivity contribution in [3.8, 4) is 11.5 Å². The molecule has 0 aliphatic carbocycles. The summed E-state index contributed by atoms with van der Waals surface area (Å²) in [5.41, 5.74) is 2.00. The SMILES string of the molecule is C=C1NC(=S)N[C@@H](c2ccccc2)[C@H]1C(=O)Nc1cc(OC)ccc1OC. The molecule has 0 spiro atoms. The Kier molecular flexibility index (Phi) is 5.61. The van der Waals surface area contributed by atoms with Crippen molar-refractivity contribution in [2.24, 2.45) is 5.92 Å². The van der Waals surface area contributed by atoms with Crippen molar-refractivity contribution in [2.75, 3.05) is 19.5 Å². The lowest BCUT2D eigenvalue weighted by molar-refractivity contribution is -0.119. The van der Waals surface area contributed by atoms with Crippen LogP contribution in [0.3, 0.4) is 0 Å². The van der Waals surface area contributed by atoms with Crippen LogP contribution in [-0.4, -0.2) is 25.2 Å². The van der Waals surface area contributed by atoms with Gasteiger partial charge >= 0.3 is 0 Å². The Morgan fingerprint density at radius 3 is 2.56 bits per heavy atom. The number of nitrogens with one attached hydrogen (secondary N) is 3. The van der Waals surface area contributed by atoms with Crippen LogP contribution in [-0.2, 0) is 4.79 Å². The van der Waals surface area contributed by atoms with E-state index in [2.05, 4.69) is 22.5 Å². The third-order valence-corrected chi connectivity index (χ3v) is 4.60. The van der Waals surface area contributed by atoms with Crippen molar-refractivity contribution >= 4 is 28.9 Å². The minimum absolute atomic E-state index is 0.233. The van der Waals surface area contributed by atoms with Crippen LogP contribution >= 0.6 is 12.2 Å². The first-order chi connectivity index (χ1) is 13.0. The smallest absolute Gasteiger partial charge is 0.235 e. The van der Waals surface area contributed by atoms with Crippen molar-refractivity contribution in [3.05, 3.63) is 66.4 Å². The Balaban J connectivity index is 1.91. The average Bonchev–Trinajstić information content (AvgIpc) is 2.67. The summed E-state index contributed by atoms with van der Waals surface area (Å²) in [5.74, 6) is 0.349. The molecule has 0 radical (unpaired) electrons. The first-order valence-corrected chi connectivity index (χ1v) is 8.78. The minimum atomic E-state index is -0.574. The summed E-state index contributed by atoms with van der Waals surface area (Å²) in [6, 6.07) is 14.6. The van der Waals surface area contributed by atoms with Crippen molar-refractivity contribution in [3.63, 3.8) is 0 Å². The highest BCUT2D eigenvalue weighted by Crippen LogP contribution is 2.33. The normalized spacial score (nSPS) is 18.9. The number of hydrogen-bond acceptors (Lipinski definition) is 4. The summed E-state index contributed by atoms with van der Waals surface area (Å²) >= 11 is 5.25. The molecule has 6 nitrogen and oxygen atoms in total. The van der Waals surface area contributed by atoms with Gasteiger partial charge in [0.1, 0.15) is 17.4 Å². The zero-order valence-electron chi connectivity index (χ0n) is 15.1. The highest BCUT2D eigenvalue weighted by atomic mass is 32.1. The lowest BCUT2D eigenvalue weighted by atomic mass is 9.88. The molecule has 0 saturated carbocycles. The van der Waals surface area contributed by atoms with Crippen molar-refractivity contribution in [2.45, 2.75) is 6.04 Å². The maximum absolute atomic E-state index is 13.1. The Morgan fingerprint density at radius 1 is 1.15 bits per heavy atom. The number of benzene rings is 2. The molecule has 2 aromatic carbocycles. The number of hydrogen-bond donors (Lipinski definition) is 3. The average molecular weight is 383 g/mol. The number of ether oxygens (including phenoxy) is 2. The fourth-order valence-corrected chi connectivity index (χ4v) is 3.31.